The average Bonchev–Trinajstić information content (AvgIpc) is 3.72. The normalized spacial score (nSPS) is 15.0. The number of nitrogens with zero attached hydrogens (tertiary/aromatic N) is 6. The molecule has 5 rings (SSSR count). The van der Waals surface area contributed by atoms with Gasteiger partial charge in [-0.1, -0.05) is 24.3 Å². The van der Waals surface area contributed by atoms with Crippen molar-refractivity contribution >= 4 is 24.1 Å². The number of anilines is 3. The first kappa shape index (κ1) is 27.2. The first-order valence-electron chi connectivity index (χ1n) is 13.9. The third-order valence-electron chi connectivity index (χ3n) is 6.88. The Balaban J connectivity index is 1.20. The number of methoxy groups -OCH3 is 1. The number of hydrogen-bond donors (Lipinski definition) is 1. The minimum Gasteiger partial charge on any atom is -0.493 e. The van der Waals surface area contributed by atoms with Gasteiger partial charge in [0, 0.05) is 31.7 Å². The molecule has 10 heteroatoms. The summed E-state index contributed by atoms with van der Waals surface area (Å²) in [5.41, 5.74) is 4.96. The van der Waals surface area contributed by atoms with Gasteiger partial charge >= 0.3 is 0 Å². The molecule has 1 N–H and O–H groups in total. The third-order valence-corrected chi connectivity index (χ3v) is 6.88. The standard InChI is InChI=1S/C30H37N7O3/c1-3-10-23-13-14-26(27(21-23)38-2)40-20-19-39-25-12-5-4-11-24(25)22-31-35-28-32-29(36-15-6-7-16-36)34-30(33-28)37-17-8-9-18-37/h3-5,11-14,21-22H,1,6-10,15-20H2,2H3,(H,32,33,34,35)/b31-22-. The zero-order valence-electron chi connectivity index (χ0n) is 23.1. The van der Waals surface area contributed by atoms with Crippen molar-refractivity contribution < 1.29 is 14.2 Å². The van der Waals surface area contributed by atoms with E-state index in [0.29, 0.717) is 48.3 Å². The van der Waals surface area contributed by atoms with E-state index >= 15 is 0 Å². The number of hydrazone groups is 1. The maximum Gasteiger partial charge on any atom is 0.250 e. The number of rotatable bonds is 13. The van der Waals surface area contributed by atoms with Crippen molar-refractivity contribution in [1.29, 1.82) is 0 Å². The second-order valence-corrected chi connectivity index (χ2v) is 9.73. The van der Waals surface area contributed by atoms with Gasteiger partial charge < -0.3 is 24.0 Å². The molecule has 3 aromatic rings. The third kappa shape index (κ3) is 6.99. The lowest BCUT2D eigenvalue weighted by Gasteiger charge is -2.20. The molecule has 0 aliphatic carbocycles. The molecule has 0 saturated carbocycles. The van der Waals surface area contributed by atoms with Crippen LogP contribution in [0.15, 0.2) is 60.2 Å². The Bertz CT molecular complexity index is 1270. The minimum atomic E-state index is 0.363. The molecule has 0 radical (unpaired) electrons. The number of aromatic nitrogens is 3. The Kier molecular flexibility index (Phi) is 9.29. The predicted molar refractivity (Wildman–Crippen MR) is 158 cm³/mol. The van der Waals surface area contributed by atoms with Crippen LogP contribution in [0.2, 0.25) is 0 Å². The summed E-state index contributed by atoms with van der Waals surface area (Å²) in [5.74, 6) is 3.94. The van der Waals surface area contributed by atoms with Crippen molar-refractivity contribution in [2.24, 2.45) is 5.10 Å². The number of hydrogen-bond acceptors (Lipinski definition) is 10. The Morgan fingerprint density at radius 2 is 1.50 bits per heavy atom. The van der Waals surface area contributed by atoms with Gasteiger partial charge in [0.2, 0.25) is 17.8 Å². The van der Waals surface area contributed by atoms with Gasteiger partial charge in [-0.25, -0.2) is 5.43 Å². The van der Waals surface area contributed by atoms with Crippen molar-refractivity contribution in [2.45, 2.75) is 32.1 Å². The van der Waals surface area contributed by atoms with Gasteiger partial charge in [-0.3, -0.25) is 0 Å². The van der Waals surface area contributed by atoms with E-state index in [1.807, 2.05) is 48.5 Å². The van der Waals surface area contributed by atoms with Crippen LogP contribution in [0.4, 0.5) is 17.8 Å². The maximum absolute atomic E-state index is 6.02. The summed E-state index contributed by atoms with van der Waals surface area (Å²) in [6.45, 7) is 8.38. The fourth-order valence-corrected chi connectivity index (χ4v) is 4.83. The highest BCUT2D eigenvalue weighted by Crippen LogP contribution is 2.28. The first-order valence-corrected chi connectivity index (χ1v) is 13.9. The molecule has 3 heterocycles. The van der Waals surface area contributed by atoms with Gasteiger partial charge in [0.05, 0.1) is 13.3 Å². The summed E-state index contributed by atoms with van der Waals surface area (Å²) >= 11 is 0. The van der Waals surface area contributed by atoms with Crippen LogP contribution in [0.1, 0.15) is 36.8 Å². The molecule has 2 fully saturated rings. The van der Waals surface area contributed by atoms with Crippen LogP contribution in [0.5, 0.6) is 17.2 Å². The summed E-state index contributed by atoms with van der Waals surface area (Å²) in [7, 11) is 1.64. The van der Waals surface area contributed by atoms with E-state index in [4.69, 9.17) is 19.2 Å². The van der Waals surface area contributed by atoms with Crippen LogP contribution in [-0.4, -0.2) is 67.7 Å². The molecule has 0 bridgehead atoms. The number of para-hydroxylation sites is 1. The molecular formula is C30H37N7O3. The van der Waals surface area contributed by atoms with Crippen LogP contribution < -0.4 is 29.4 Å². The minimum absolute atomic E-state index is 0.363. The largest absolute Gasteiger partial charge is 0.493 e. The smallest absolute Gasteiger partial charge is 0.250 e. The van der Waals surface area contributed by atoms with Crippen LogP contribution in [-0.2, 0) is 6.42 Å². The van der Waals surface area contributed by atoms with Gasteiger partial charge in [0.15, 0.2) is 11.5 Å². The van der Waals surface area contributed by atoms with Crippen LogP contribution in [0.25, 0.3) is 0 Å². The summed E-state index contributed by atoms with van der Waals surface area (Å²) in [5, 5.41) is 4.43. The monoisotopic (exact) mass is 543 g/mol. The topological polar surface area (TPSA) is 97.2 Å². The van der Waals surface area contributed by atoms with Gasteiger partial charge in [-0.05, 0) is 61.9 Å². The molecule has 2 aromatic carbocycles. The van der Waals surface area contributed by atoms with E-state index < -0.39 is 0 Å². The van der Waals surface area contributed by atoms with E-state index in [1.165, 1.54) is 0 Å². The molecule has 0 amide bonds. The number of nitrogens with one attached hydrogen (secondary N) is 1. The van der Waals surface area contributed by atoms with Crippen molar-refractivity contribution in [1.82, 2.24) is 15.0 Å². The Hall–Kier alpha value is -4.34. The van der Waals surface area contributed by atoms with Crippen molar-refractivity contribution in [3.05, 3.63) is 66.2 Å². The molecule has 2 saturated heterocycles. The molecule has 210 valence electrons. The van der Waals surface area contributed by atoms with E-state index in [9.17, 15) is 0 Å². The molecule has 10 nitrogen and oxygen atoms in total. The van der Waals surface area contributed by atoms with Gasteiger partial charge in [0.25, 0.3) is 0 Å². The number of ether oxygens (including phenoxy) is 3. The van der Waals surface area contributed by atoms with Crippen molar-refractivity contribution in [2.75, 3.05) is 61.7 Å². The van der Waals surface area contributed by atoms with E-state index in [1.54, 1.807) is 13.3 Å². The maximum atomic E-state index is 6.02. The van der Waals surface area contributed by atoms with Crippen LogP contribution in [0, 0.1) is 0 Å². The quantitative estimate of drug-likeness (QED) is 0.142. The molecule has 1 aromatic heterocycles. The Morgan fingerprint density at radius 1 is 0.850 bits per heavy atom. The molecule has 0 spiro atoms. The van der Waals surface area contributed by atoms with Gasteiger partial charge in [-0.2, -0.15) is 20.1 Å². The predicted octanol–water partition coefficient (Wildman–Crippen LogP) is 4.71. The SMILES string of the molecule is C=CCc1ccc(OCCOc2ccccc2/C=N\Nc2nc(N3CCCC3)nc(N3CCCC3)n2)c(OC)c1. The zero-order valence-corrected chi connectivity index (χ0v) is 23.1. The Labute approximate surface area is 235 Å². The molecule has 0 atom stereocenters. The van der Waals surface area contributed by atoms with Crippen molar-refractivity contribution in [3.63, 3.8) is 0 Å². The van der Waals surface area contributed by atoms with Crippen molar-refractivity contribution in [3.8, 4) is 17.2 Å². The number of benzene rings is 2. The summed E-state index contributed by atoms with van der Waals surface area (Å²) < 4.78 is 17.4. The number of allylic oxidation sites excluding steroid dienone is 1. The fraction of sp³-hybridized carbons (Fsp3) is 0.400. The first-order chi connectivity index (χ1) is 19.7. The molecule has 40 heavy (non-hydrogen) atoms. The van der Waals surface area contributed by atoms with Crippen LogP contribution >= 0.6 is 0 Å². The van der Waals surface area contributed by atoms with E-state index in [2.05, 4.69) is 36.9 Å². The molecule has 2 aliphatic rings. The molecular weight excluding hydrogens is 506 g/mol. The second kappa shape index (κ2) is 13.6. The fourth-order valence-electron chi connectivity index (χ4n) is 4.83. The summed E-state index contributed by atoms with van der Waals surface area (Å²) in [6, 6.07) is 13.6. The lowest BCUT2D eigenvalue weighted by Crippen LogP contribution is -2.25. The van der Waals surface area contributed by atoms with Gasteiger partial charge in [0.1, 0.15) is 19.0 Å². The highest BCUT2D eigenvalue weighted by molar-refractivity contribution is 5.83. The Morgan fingerprint density at radius 3 is 2.15 bits per heavy atom. The second-order valence-electron chi connectivity index (χ2n) is 9.73. The van der Waals surface area contributed by atoms with Crippen LogP contribution in [0.3, 0.4) is 0 Å². The van der Waals surface area contributed by atoms with E-state index in [-0.39, 0.29) is 0 Å². The summed E-state index contributed by atoms with van der Waals surface area (Å²) in [4.78, 5) is 18.5. The highest BCUT2D eigenvalue weighted by Gasteiger charge is 2.21. The zero-order chi connectivity index (χ0) is 27.6. The summed E-state index contributed by atoms with van der Waals surface area (Å²) in [6.07, 6.45) is 8.98. The lowest BCUT2D eigenvalue weighted by molar-refractivity contribution is 0.211. The molecule has 2 aliphatic heterocycles. The average molecular weight is 544 g/mol. The van der Waals surface area contributed by atoms with E-state index in [0.717, 1.165) is 69.4 Å². The highest BCUT2D eigenvalue weighted by atomic mass is 16.5. The molecule has 0 unspecified atom stereocenters. The lowest BCUT2D eigenvalue weighted by atomic mass is 10.1. The van der Waals surface area contributed by atoms with Gasteiger partial charge in [-0.15, -0.1) is 6.58 Å².